The van der Waals surface area contributed by atoms with Crippen LogP contribution in [0.5, 0.6) is 0 Å². The fraction of sp³-hybridized carbons (Fsp3) is 0.923. The number of rotatable bonds is 6. The number of hydrogen-bond acceptors (Lipinski definition) is 1. The molecule has 4 heteroatoms. The Morgan fingerprint density at radius 2 is 1.71 bits per heavy atom. The molecule has 0 rings (SSSR count). The minimum atomic E-state index is 0. The molecule has 0 fully saturated rings. The highest BCUT2D eigenvalue weighted by Gasteiger charge is 2.10. The fourth-order valence-electron chi connectivity index (χ4n) is 1.39. The quantitative estimate of drug-likeness (QED) is 0.331. The molecule has 0 aliphatic rings. The van der Waals surface area contributed by atoms with Gasteiger partial charge >= 0.3 is 0 Å². The van der Waals surface area contributed by atoms with E-state index >= 15 is 0 Å². The third-order valence-corrected chi connectivity index (χ3v) is 2.12. The predicted molar refractivity (Wildman–Crippen MR) is 88.4 cm³/mol. The van der Waals surface area contributed by atoms with Crippen molar-refractivity contribution in [2.24, 2.45) is 4.99 Å². The maximum atomic E-state index is 4.57. The van der Waals surface area contributed by atoms with Gasteiger partial charge in [0.15, 0.2) is 5.96 Å². The molecule has 0 amide bonds. The summed E-state index contributed by atoms with van der Waals surface area (Å²) in [5, 5.41) is 6.66. The summed E-state index contributed by atoms with van der Waals surface area (Å²) < 4.78 is 0. The van der Waals surface area contributed by atoms with Crippen LogP contribution in [0.4, 0.5) is 0 Å². The Bertz CT molecular complexity index is 197. The standard InChI is InChI=1S/C13H29N3.HI/c1-6-8-9-10-11-15-12(14-7-2)16-13(3,4)5;/h6-11H2,1-5H3,(H2,14,15,16);1H. The van der Waals surface area contributed by atoms with Gasteiger partial charge in [-0.3, -0.25) is 4.99 Å². The highest BCUT2D eigenvalue weighted by molar-refractivity contribution is 14.0. The van der Waals surface area contributed by atoms with Crippen LogP contribution >= 0.6 is 24.0 Å². The highest BCUT2D eigenvalue weighted by Crippen LogP contribution is 2.00. The van der Waals surface area contributed by atoms with Crippen LogP contribution in [0.15, 0.2) is 4.99 Å². The molecular formula is C13H30IN3. The van der Waals surface area contributed by atoms with Crippen molar-refractivity contribution >= 4 is 29.9 Å². The Morgan fingerprint density at radius 1 is 1.06 bits per heavy atom. The maximum absolute atomic E-state index is 4.57. The Hall–Kier alpha value is 0. The van der Waals surface area contributed by atoms with E-state index in [0.29, 0.717) is 0 Å². The van der Waals surface area contributed by atoms with Gasteiger partial charge in [0, 0.05) is 18.6 Å². The van der Waals surface area contributed by atoms with Crippen LogP contribution in [-0.2, 0) is 0 Å². The van der Waals surface area contributed by atoms with Gasteiger partial charge in [0.05, 0.1) is 0 Å². The average molecular weight is 355 g/mol. The average Bonchev–Trinajstić information content (AvgIpc) is 2.15. The summed E-state index contributed by atoms with van der Waals surface area (Å²) in [4.78, 5) is 4.57. The summed E-state index contributed by atoms with van der Waals surface area (Å²) in [5.41, 5.74) is 0.0738. The van der Waals surface area contributed by atoms with Crippen molar-refractivity contribution in [3.8, 4) is 0 Å². The van der Waals surface area contributed by atoms with Crippen LogP contribution < -0.4 is 10.6 Å². The van der Waals surface area contributed by atoms with Gasteiger partial charge in [-0.25, -0.2) is 0 Å². The second-order valence-corrected chi connectivity index (χ2v) is 5.20. The molecule has 0 bridgehead atoms. The van der Waals surface area contributed by atoms with Crippen molar-refractivity contribution in [3.63, 3.8) is 0 Å². The van der Waals surface area contributed by atoms with Gasteiger partial charge in [0.2, 0.25) is 0 Å². The number of unbranched alkanes of at least 4 members (excludes halogenated alkanes) is 3. The molecule has 0 saturated heterocycles. The lowest BCUT2D eigenvalue weighted by atomic mass is 10.1. The first-order valence-corrected chi connectivity index (χ1v) is 6.56. The SMILES string of the molecule is CCCCCCN=C(NCC)NC(C)(C)C.I. The molecule has 0 aliphatic heterocycles. The Kier molecular flexibility index (Phi) is 12.6. The second-order valence-electron chi connectivity index (χ2n) is 5.20. The first-order chi connectivity index (χ1) is 7.49. The van der Waals surface area contributed by atoms with E-state index in [9.17, 15) is 0 Å². The zero-order valence-corrected chi connectivity index (χ0v) is 14.4. The number of aliphatic imine (C=N–C) groups is 1. The van der Waals surface area contributed by atoms with Crippen LogP contribution in [0, 0.1) is 0 Å². The molecule has 17 heavy (non-hydrogen) atoms. The summed E-state index contributed by atoms with van der Waals surface area (Å²) in [5.74, 6) is 0.937. The van der Waals surface area contributed by atoms with Crippen molar-refractivity contribution in [3.05, 3.63) is 0 Å². The lowest BCUT2D eigenvalue weighted by molar-refractivity contribution is 0.501. The molecule has 0 radical (unpaired) electrons. The van der Waals surface area contributed by atoms with Gasteiger partial charge in [0.1, 0.15) is 0 Å². The van der Waals surface area contributed by atoms with Gasteiger partial charge in [-0.1, -0.05) is 26.2 Å². The Balaban J connectivity index is 0. The minimum absolute atomic E-state index is 0. The van der Waals surface area contributed by atoms with E-state index < -0.39 is 0 Å². The maximum Gasteiger partial charge on any atom is 0.191 e. The van der Waals surface area contributed by atoms with Gasteiger partial charge in [-0.05, 0) is 34.1 Å². The number of halogens is 1. The van der Waals surface area contributed by atoms with E-state index in [0.717, 1.165) is 19.0 Å². The topological polar surface area (TPSA) is 36.4 Å². The fourth-order valence-corrected chi connectivity index (χ4v) is 1.39. The second kappa shape index (κ2) is 11.1. The third-order valence-electron chi connectivity index (χ3n) is 2.12. The zero-order valence-electron chi connectivity index (χ0n) is 12.1. The summed E-state index contributed by atoms with van der Waals surface area (Å²) in [6.45, 7) is 12.6. The lowest BCUT2D eigenvalue weighted by Crippen LogP contribution is -2.47. The summed E-state index contributed by atoms with van der Waals surface area (Å²) in [6, 6.07) is 0. The molecule has 0 unspecified atom stereocenters. The van der Waals surface area contributed by atoms with Crippen molar-refractivity contribution < 1.29 is 0 Å². The summed E-state index contributed by atoms with van der Waals surface area (Å²) in [7, 11) is 0. The van der Waals surface area contributed by atoms with Gasteiger partial charge in [-0.2, -0.15) is 0 Å². The Labute approximate surface area is 124 Å². The molecule has 0 aromatic carbocycles. The number of hydrogen-bond donors (Lipinski definition) is 2. The molecule has 2 N–H and O–H groups in total. The predicted octanol–water partition coefficient (Wildman–Crippen LogP) is 3.54. The summed E-state index contributed by atoms with van der Waals surface area (Å²) >= 11 is 0. The molecule has 0 aromatic rings. The molecule has 0 spiro atoms. The van der Waals surface area contributed by atoms with Crippen molar-refractivity contribution in [2.45, 2.75) is 65.8 Å². The van der Waals surface area contributed by atoms with E-state index in [-0.39, 0.29) is 29.5 Å². The number of guanidine groups is 1. The monoisotopic (exact) mass is 355 g/mol. The zero-order chi connectivity index (χ0) is 12.4. The van der Waals surface area contributed by atoms with Crippen LogP contribution in [0.3, 0.4) is 0 Å². The smallest absolute Gasteiger partial charge is 0.191 e. The molecule has 104 valence electrons. The highest BCUT2D eigenvalue weighted by atomic mass is 127. The van der Waals surface area contributed by atoms with Gasteiger partial charge in [-0.15, -0.1) is 24.0 Å². The molecule has 0 atom stereocenters. The van der Waals surface area contributed by atoms with Crippen LogP contribution in [0.1, 0.15) is 60.3 Å². The first-order valence-electron chi connectivity index (χ1n) is 6.56. The number of nitrogens with zero attached hydrogens (tertiary/aromatic N) is 1. The molecule has 0 heterocycles. The van der Waals surface area contributed by atoms with Crippen molar-refractivity contribution in [1.29, 1.82) is 0 Å². The number of nitrogens with one attached hydrogen (secondary N) is 2. The molecule has 3 nitrogen and oxygen atoms in total. The molecule has 0 aromatic heterocycles. The van der Waals surface area contributed by atoms with Crippen LogP contribution in [-0.4, -0.2) is 24.6 Å². The van der Waals surface area contributed by atoms with E-state index in [4.69, 9.17) is 0 Å². The van der Waals surface area contributed by atoms with E-state index in [2.05, 4.69) is 50.2 Å². The Morgan fingerprint density at radius 3 is 2.18 bits per heavy atom. The minimum Gasteiger partial charge on any atom is -0.357 e. The van der Waals surface area contributed by atoms with E-state index in [1.165, 1.54) is 25.7 Å². The first kappa shape index (κ1) is 19.3. The largest absolute Gasteiger partial charge is 0.357 e. The molecule has 0 aliphatic carbocycles. The van der Waals surface area contributed by atoms with Crippen LogP contribution in [0.25, 0.3) is 0 Å². The lowest BCUT2D eigenvalue weighted by Gasteiger charge is -2.23. The van der Waals surface area contributed by atoms with Gasteiger partial charge in [0.25, 0.3) is 0 Å². The van der Waals surface area contributed by atoms with Gasteiger partial charge < -0.3 is 10.6 Å². The van der Waals surface area contributed by atoms with Crippen LogP contribution in [0.2, 0.25) is 0 Å². The normalized spacial score (nSPS) is 11.9. The van der Waals surface area contributed by atoms with Crippen molar-refractivity contribution in [1.82, 2.24) is 10.6 Å². The molecule has 0 saturated carbocycles. The molecular weight excluding hydrogens is 325 g/mol. The van der Waals surface area contributed by atoms with E-state index in [1.54, 1.807) is 0 Å². The van der Waals surface area contributed by atoms with E-state index in [1.807, 2.05) is 0 Å². The summed E-state index contributed by atoms with van der Waals surface area (Å²) in [6.07, 6.45) is 5.08. The third kappa shape index (κ3) is 13.9. The van der Waals surface area contributed by atoms with Crippen molar-refractivity contribution in [2.75, 3.05) is 13.1 Å².